The second-order valence-corrected chi connectivity index (χ2v) is 6.40. The topological polar surface area (TPSA) is 32.5 Å². The van der Waals surface area contributed by atoms with E-state index in [0.29, 0.717) is 12.6 Å². The molecule has 0 aliphatic carbocycles. The average molecular weight is 326 g/mol. The molecule has 1 heterocycles. The van der Waals surface area contributed by atoms with Gasteiger partial charge in [-0.1, -0.05) is 15.9 Å². The summed E-state index contributed by atoms with van der Waals surface area (Å²) in [5.74, 6) is 0. The van der Waals surface area contributed by atoms with Crippen LogP contribution in [0.1, 0.15) is 18.4 Å². The molecule has 4 heteroatoms. The van der Waals surface area contributed by atoms with Crippen molar-refractivity contribution in [1.29, 1.82) is 0 Å². The van der Waals surface area contributed by atoms with Gasteiger partial charge in [0.1, 0.15) is 0 Å². The second-order valence-electron chi connectivity index (χ2n) is 5.48. The molecule has 0 aromatic heterocycles. The van der Waals surface area contributed by atoms with Crippen molar-refractivity contribution in [3.8, 4) is 0 Å². The van der Waals surface area contributed by atoms with Gasteiger partial charge in [0, 0.05) is 29.8 Å². The fourth-order valence-electron chi connectivity index (χ4n) is 2.91. The van der Waals surface area contributed by atoms with Gasteiger partial charge in [-0.15, -0.1) is 0 Å². The molecule has 1 aromatic rings. The van der Waals surface area contributed by atoms with Gasteiger partial charge in [0.15, 0.2) is 0 Å². The van der Waals surface area contributed by atoms with Crippen LogP contribution in [0.2, 0.25) is 0 Å². The summed E-state index contributed by atoms with van der Waals surface area (Å²) in [5.41, 5.74) is 8.41. The predicted octanol–water partition coefficient (Wildman–Crippen LogP) is 2.48. The highest BCUT2D eigenvalue weighted by atomic mass is 79.9. The van der Waals surface area contributed by atoms with Crippen molar-refractivity contribution in [1.82, 2.24) is 4.90 Å². The van der Waals surface area contributed by atoms with Crippen molar-refractivity contribution in [2.45, 2.75) is 25.3 Å². The SMILES string of the molecule is CN1CCCC(N(C)c2ccc(Br)cc2CCN)C1. The number of likely N-dealkylation sites (tertiary alicyclic amines) is 1. The summed E-state index contributed by atoms with van der Waals surface area (Å²) >= 11 is 3.55. The summed E-state index contributed by atoms with van der Waals surface area (Å²) in [6, 6.07) is 7.14. The lowest BCUT2D eigenvalue weighted by molar-refractivity contribution is 0.248. The molecule has 1 unspecified atom stereocenters. The van der Waals surface area contributed by atoms with Crippen LogP contribution < -0.4 is 10.6 Å². The Kier molecular flexibility index (Phi) is 5.25. The number of piperidine rings is 1. The molecule has 0 amide bonds. The normalized spacial score (nSPS) is 20.5. The van der Waals surface area contributed by atoms with Gasteiger partial charge < -0.3 is 15.5 Å². The number of rotatable bonds is 4. The van der Waals surface area contributed by atoms with Crippen molar-refractivity contribution in [3.05, 3.63) is 28.2 Å². The van der Waals surface area contributed by atoms with Crippen molar-refractivity contribution >= 4 is 21.6 Å². The molecule has 1 aromatic carbocycles. The van der Waals surface area contributed by atoms with Gasteiger partial charge in [-0.2, -0.15) is 0 Å². The minimum Gasteiger partial charge on any atom is -0.370 e. The molecule has 0 radical (unpaired) electrons. The van der Waals surface area contributed by atoms with Gasteiger partial charge >= 0.3 is 0 Å². The van der Waals surface area contributed by atoms with E-state index in [4.69, 9.17) is 5.73 Å². The number of likely N-dealkylation sites (N-methyl/N-ethyl adjacent to an activating group) is 2. The molecule has 1 aliphatic rings. The Morgan fingerprint density at radius 1 is 1.47 bits per heavy atom. The van der Waals surface area contributed by atoms with Crippen LogP contribution in [0.15, 0.2) is 22.7 Å². The summed E-state index contributed by atoms with van der Waals surface area (Å²) in [5, 5.41) is 0. The van der Waals surface area contributed by atoms with E-state index in [9.17, 15) is 0 Å². The molecule has 1 aliphatic heterocycles. The van der Waals surface area contributed by atoms with E-state index < -0.39 is 0 Å². The maximum absolute atomic E-state index is 5.74. The van der Waals surface area contributed by atoms with Crippen LogP contribution in [0.4, 0.5) is 5.69 Å². The molecule has 1 atom stereocenters. The van der Waals surface area contributed by atoms with Crippen LogP contribution in [-0.4, -0.2) is 44.7 Å². The number of anilines is 1. The zero-order valence-corrected chi connectivity index (χ0v) is 13.5. The zero-order chi connectivity index (χ0) is 13.8. The molecular weight excluding hydrogens is 302 g/mol. The van der Waals surface area contributed by atoms with E-state index in [0.717, 1.165) is 17.4 Å². The maximum atomic E-state index is 5.74. The Morgan fingerprint density at radius 2 is 2.26 bits per heavy atom. The van der Waals surface area contributed by atoms with Crippen LogP contribution >= 0.6 is 15.9 Å². The minimum atomic E-state index is 0.608. The minimum absolute atomic E-state index is 0.608. The molecule has 1 saturated heterocycles. The molecule has 106 valence electrons. The van der Waals surface area contributed by atoms with Gasteiger partial charge in [-0.25, -0.2) is 0 Å². The zero-order valence-electron chi connectivity index (χ0n) is 11.9. The van der Waals surface area contributed by atoms with Crippen LogP contribution in [-0.2, 0) is 6.42 Å². The third kappa shape index (κ3) is 3.71. The monoisotopic (exact) mass is 325 g/mol. The molecule has 3 nitrogen and oxygen atoms in total. The molecule has 2 rings (SSSR count). The highest BCUT2D eigenvalue weighted by molar-refractivity contribution is 9.10. The number of benzene rings is 1. The summed E-state index contributed by atoms with van der Waals surface area (Å²) in [7, 11) is 4.43. The smallest absolute Gasteiger partial charge is 0.0414 e. The number of hydrogen-bond donors (Lipinski definition) is 1. The first kappa shape index (κ1) is 14.8. The van der Waals surface area contributed by atoms with Crippen molar-refractivity contribution in [3.63, 3.8) is 0 Å². The Bertz CT molecular complexity index is 422. The summed E-state index contributed by atoms with van der Waals surface area (Å²) in [6.07, 6.45) is 3.49. The molecule has 19 heavy (non-hydrogen) atoms. The van der Waals surface area contributed by atoms with E-state index in [1.165, 1.54) is 30.6 Å². The fraction of sp³-hybridized carbons (Fsp3) is 0.600. The van der Waals surface area contributed by atoms with E-state index in [2.05, 4.69) is 58.0 Å². The highest BCUT2D eigenvalue weighted by Gasteiger charge is 2.22. The molecule has 0 bridgehead atoms. The van der Waals surface area contributed by atoms with Gasteiger partial charge in [-0.3, -0.25) is 0 Å². The van der Waals surface area contributed by atoms with Crippen molar-refractivity contribution in [2.75, 3.05) is 38.6 Å². The van der Waals surface area contributed by atoms with E-state index in [1.54, 1.807) is 0 Å². The standard InChI is InChI=1S/C15H24BrN3/c1-18-9-3-4-14(11-18)19(2)15-6-5-13(16)10-12(15)7-8-17/h5-6,10,14H,3-4,7-9,11,17H2,1-2H3. The maximum Gasteiger partial charge on any atom is 0.0414 e. The van der Waals surface area contributed by atoms with E-state index >= 15 is 0 Å². The lowest BCUT2D eigenvalue weighted by Crippen LogP contribution is -2.45. The van der Waals surface area contributed by atoms with Crippen LogP contribution in [0.25, 0.3) is 0 Å². The van der Waals surface area contributed by atoms with Crippen molar-refractivity contribution < 1.29 is 0 Å². The predicted molar refractivity (Wildman–Crippen MR) is 85.8 cm³/mol. The van der Waals surface area contributed by atoms with Crippen LogP contribution in [0, 0.1) is 0 Å². The third-order valence-corrected chi connectivity index (χ3v) is 4.48. The van der Waals surface area contributed by atoms with Gasteiger partial charge in [0.25, 0.3) is 0 Å². The lowest BCUT2D eigenvalue weighted by Gasteiger charge is -2.38. The number of halogens is 1. The molecule has 0 spiro atoms. The van der Waals surface area contributed by atoms with E-state index in [-0.39, 0.29) is 0 Å². The number of hydrogen-bond acceptors (Lipinski definition) is 3. The van der Waals surface area contributed by atoms with Crippen LogP contribution in [0.3, 0.4) is 0 Å². The first-order valence-corrected chi connectivity index (χ1v) is 7.81. The molecular formula is C15H24BrN3. The van der Waals surface area contributed by atoms with Crippen molar-refractivity contribution in [2.24, 2.45) is 5.73 Å². The van der Waals surface area contributed by atoms with Crippen LogP contribution in [0.5, 0.6) is 0 Å². The number of nitrogens with zero attached hydrogens (tertiary/aromatic N) is 2. The van der Waals surface area contributed by atoms with E-state index in [1.807, 2.05) is 0 Å². The first-order valence-electron chi connectivity index (χ1n) is 7.01. The Balaban J connectivity index is 2.19. The Labute approximate surface area is 124 Å². The largest absolute Gasteiger partial charge is 0.370 e. The van der Waals surface area contributed by atoms with Gasteiger partial charge in [0.2, 0.25) is 0 Å². The third-order valence-electron chi connectivity index (χ3n) is 3.98. The quantitative estimate of drug-likeness (QED) is 0.923. The number of nitrogens with two attached hydrogens (primary N) is 1. The van der Waals surface area contributed by atoms with Gasteiger partial charge in [0.05, 0.1) is 0 Å². The average Bonchev–Trinajstić information content (AvgIpc) is 2.39. The molecule has 0 saturated carbocycles. The summed E-state index contributed by atoms with van der Waals surface area (Å²) in [6.45, 7) is 3.07. The fourth-order valence-corrected chi connectivity index (χ4v) is 3.31. The first-order chi connectivity index (χ1) is 9.11. The van der Waals surface area contributed by atoms with Gasteiger partial charge in [-0.05, 0) is 63.2 Å². The Morgan fingerprint density at radius 3 is 2.95 bits per heavy atom. The summed E-state index contributed by atoms with van der Waals surface area (Å²) in [4.78, 5) is 4.86. The summed E-state index contributed by atoms with van der Waals surface area (Å²) < 4.78 is 1.13. The lowest BCUT2D eigenvalue weighted by atomic mass is 10.0. The second kappa shape index (κ2) is 6.73. The highest BCUT2D eigenvalue weighted by Crippen LogP contribution is 2.27. The Hall–Kier alpha value is -0.580. The molecule has 1 fully saturated rings. The molecule has 2 N–H and O–H groups in total.